The molecule has 2 N–H and O–H groups in total. The number of rotatable bonds is 3. The highest BCUT2D eigenvalue weighted by Gasteiger charge is 2.25. The highest BCUT2D eigenvalue weighted by molar-refractivity contribution is 6.30. The van der Waals surface area contributed by atoms with Crippen molar-refractivity contribution in [1.29, 1.82) is 0 Å². The molecule has 6 heteroatoms. The molecule has 1 aliphatic heterocycles. The molecule has 0 atom stereocenters. The van der Waals surface area contributed by atoms with Crippen LogP contribution >= 0.6 is 11.6 Å². The number of aryl methyl sites for hydroxylation is 1. The van der Waals surface area contributed by atoms with Gasteiger partial charge in [0.05, 0.1) is 16.9 Å². The van der Waals surface area contributed by atoms with Crippen LogP contribution in [-0.2, 0) is 0 Å². The average molecular weight is 333 g/mol. The molecule has 5 nitrogen and oxygen atoms in total. The topological polar surface area (TPSA) is 64.2 Å². The Bertz CT molecular complexity index is 687. The molecule has 0 unspecified atom stereocenters. The largest absolute Gasteiger partial charge is 0.339 e. The zero-order valence-electron chi connectivity index (χ0n) is 13.2. The summed E-state index contributed by atoms with van der Waals surface area (Å²) in [7, 11) is 0. The van der Waals surface area contributed by atoms with Crippen molar-refractivity contribution in [3.63, 3.8) is 0 Å². The van der Waals surface area contributed by atoms with Crippen molar-refractivity contribution in [2.75, 3.05) is 19.6 Å². The summed E-state index contributed by atoms with van der Waals surface area (Å²) in [6.45, 7) is 4.11. The van der Waals surface area contributed by atoms with Gasteiger partial charge in [-0.1, -0.05) is 11.6 Å². The van der Waals surface area contributed by atoms with Crippen molar-refractivity contribution in [3.8, 4) is 5.69 Å². The Kier molecular flexibility index (Phi) is 4.68. The molecule has 1 saturated heterocycles. The molecule has 1 fully saturated rings. The lowest BCUT2D eigenvalue weighted by molar-refractivity contribution is 0.0692. The van der Waals surface area contributed by atoms with E-state index in [9.17, 15) is 4.79 Å². The number of carbonyl (C=O) groups excluding carboxylic acids is 1. The number of hydrogen-bond acceptors (Lipinski definition) is 3. The molecule has 2 heterocycles. The van der Waals surface area contributed by atoms with Gasteiger partial charge >= 0.3 is 0 Å². The highest BCUT2D eigenvalue weighted by atomic mass is 35.5. The summed E-state index contributed by atoms with van der Waals surface area (Å²) in [5, 5.41) is 5.14. The number of nitrogens with zero attached hydrogens (tertiary/aromatic N) is 3. The molecule has 0 bridgehead atoms. The summed E-state index contributed by atoms with van der Waals surface area (Å²) in [6.07, 6.45) is 3.76. The summed E-state index contributed by atoms with van der Waals surface area (Å²) in [5.74, 6) is 0.593. The van der Waals surface area contributed by atoms with Gasteiger partial charge in [0.1, 0.15) is 0 Å². The number of likely N-dealkylation sites (tertiary alicyclic amines) is 1. The number of halogens is 1. The standard InChI is InChI=1S/C17H21ClN4O/c1-12-16(17(23)21-8-6-13(10-19)7-9-21)11-22(20-12)15-4-2-14(18)3-5-15/h2-5,11,13H,6-10,19H2,1H3. The van der Waals surface area contributed by atoms with Crippen LogP contribution in [0.3, 0.4) is 0 Å². The molecular formula is C17H21ClN4O. The van der Waals surface area contributed by atoms with Crippen LogP contribution in [0.5, 0.6) is 0 Å². The third-order valence-electron chi connectivity index (χ3n) is 4.46. The summed E-state index contributed by atoms with van der Waals surface area (Å²) in [4.78, 5) is 14.6. The number of carbonyl (C=O) groups is 1. The lowest BCUT2D eigenvalue weighted by Crippen LogP contribution is -2.40. The number of amides is 1. The van der Waals surface area contributed by atoms with Gasteiger partial charge in [0.2, 0.25) is 0 Å². The van der Waals surface area contributed by atoms with Gasteiger partial charge in [-0.15, -0.1) is 0 Å². The highest BCUT2D eigenvalue weighted by Crippen LogP contribution is 2.20. The number of benzene rings is 1. The van der Waals surface area contributed by atoms with Gasteiger partial charge in [0.25, 0.3) is 5.91 Å². The van der Waals surface area contributed by atoms with Crippen LogP contribution < -0.4 is 5.73 Å². The fourth-order valence-corrected chi connectivity index (χ4v) is 3.06. The molecule has 23 heavy (non-hydrogen) atoms. The van der Waals surface area contributed by atoms with Crippen LogP contribution in [0.15, 0.2) is 30.5 Å². The molecule has 2 aromatic rings. The predicted octanol–water partition coefficient (Wildman–Crippen LogP) is 2.65. The van der Waals surface area contributed by atoms with Crippen LogP contribution in [0.25, 0.3) is 5.69 Å². The number of hydrogen-bond donors (Lipinski definition) is 1. The first-order valence-electron chi connectivity index (χ1n) is 7.90. The summed E-state index contributed by atoms with van der Waals surface area (Å²) >= 11 is 5.91. The number of nitrogens with two attached hydrogens (primary N) is 1. The van der Waals surface area contributed by atoms with Gasteiger partial charge in [-0.2, -0.15) is 5.10 Å². The second-order valence-electron chi connectivity index (χ2n) is 6.02. The van der Waals surface area contributed by atoms with Crippen molar-refractivity contribution in [2.45, 2.75) is 19.8 Å². The quantitative estimate of drug-likeness (QED) is 0.939. The SMILES string of the molecule is Cc1nn(-c2ccc(Cl)cc2)cc1C(=O)N1CCC(CN)CC1. The minimum absolute atomic E-state index is 0.0539. The molecular weight excluding hydrogens is 312 g/mol. The molecule has 1 aromatic carbocycles. The maximum atomic E-state index is 12.7. The van der Waals surface area contributed by atoms with Crippen LogP contribution in [0.2, 0.25) is 5.02 Å². The van der Waals surface area contributed by atoms with E-state index in [0.29, 0.717) is 23.0 Å². The van der Waals surface area contributed by atoms with Gasteiger partial charge in [0.15, 0.2) is 0 Å². The van der Waals surface area contributed by atoms with Crippen molar-refractivity contribution in [1.82, 2.24) is 14.7 Å². The molecule has 122 valence electrons. The molecule has 1 amide bonds. The Labute approximate surface area is 141 Å². The van der Waals surface area contributed by atoms with E-state index in [0.717, 1.165) is 37.3 Å². The molecule has 0 aliphatic carbocycles. The van der Waals surface area contributed by atoms with Crippen LogP contribution in [0.1, 0.15) is 28.9 Å². The lowest BCUT2D eigenvalue weighted by atomic mass is 9.97. The monoisotopic (exact) mass is 332 g/mol. The number of piperidine rings is 1. The second-order valence-corrected chi connectivity index (χ2v) is 6.46. The van der Waals surface area contributed by atoms with Crippen LogP contribution in [0, 0.1) is 12.8 Å². The molecule has 0 spiro atoms. The minimum atomic E-state index is 0.0539. The first kappa shape index (κ1) is 16.0. The Hall–Kier alpha value is -1.85. The summed E-state index contributed by atoms with van der Waals surface area (Å²) in [5.41, 5.74) is 8.00. The predicted molar refractivity (Wildman–Crippen MR) is 91.0 cm³/mol. The van der Waals surface area contributed by atoms with E-state index in [1.807, 2.05) is 36.1 Å². The van der Waals surface area contributed by atoms with Gasteiger partial charge in [-0.3, -0.25) is 4.79 Å². The molecule has 1 aliphatic rings. The fourth-order valence-electron chi connectivity index (χ4n) is 2.94. The molecule has 0 radical (unpaired) electrons. The van der Waals surface area contributed by atoms with E-state index < -0.39 is 0 Å². The molecule has 3 rings (SSSR count). The Morgan fingerprint density at radius 2 is 1.96 bits per heavy atom. The van der Waals surface area contributed by atoms with Crippen molar-refractivity contribution >= 4 is 17.5 Å². The smallest absolute Gasteiger partial charge is 0.257 e. The van der Waals surface area contributed by atoms with Gasteiger partial charge in [-0.05, 0) is 56.5 Å². The minimum Gasteiger partial charge on any atom is -0.339 e. The van der Waals surface area contributed by atoms with Crippen LogP contribution in [-0.4, -0.2) is 40.2 Å². The normalized spacial score (nSPS) is 15.9. The van der Waals surface area contributed by atoms with Gasteiger partial charge < -0.3 is 10.6 Å². The van der Waals surface area contributed by atoms with Crippen LogP contribution in [0.4, 0.5) is 0 Å². The van der Waals surface area contributed by atoms with E-state index in [2.05, 4.69) is 5.10 Å². The average Bonchev–Trinajstić information content (AvgIpc) is 2.96. The maximum Gasteiger partial charge on any atom is 0.257 e. The number of aromatic nitrogens is 2. The lowest BCUT2D eigenvalue weighted by Gasteiger charge is -2.31. The van der Waals surface area contributed by atoms with E-state index >= 15 is 0 Å². The van der Waals surface area contributed by atoms with Crippen molar-refractivity contribution < 1.29 is 4.79 Å². The molecule has 1 aromatic heterocycles. The molecule has 0 saturated carbocycles. The third kappa shape index (κ3) is 3.41. The van der Waals surface area contributed by atoms with E-state index in [1.165, 1.54) is 0 Å². The van der Waals surface area contributed by atoms with E-state index in [-0.39, 0.29) is 5.91 Å². The summed E-state index contributed by atoms with van der Waals surface area (Å²) < 4.78 is 1.73. The Morgan fingerprint density at radius 1 is 1.30 bits per heavy atom. The van der Waals surface area contributed by atoms with E-state index in [4.69, 9.17) is 17.3 Å². The van der Waals surface area contributed by atoms with E-state index in [1.54, 1.807) is 10.9 Å². The Balaban J connectivity index is 1.78. The first-order chi connectivity index (χ1) is 11.1. The van der Waals surface area contributed by atoms with Gasteiger partial charge in [-0.25, -0.2) is 4.68 Å². The zero-order chi connectivity index (χ0) is 16.4. The van der Waals surface area contributed by atoms with Gasteiger partial charge in [0, 0.05) is 24.3 Å². The maximum absolute atomic E-state index is 12.7. The fraction of sp³-hybridized carbons (Fsp3) is 0.412. The van der Waals surface area contributed by atoms with Crippen molar-refractivity contribution in [3.05, 3.63) is 46.7 Å². The van der Waals surface area contributed by atoms with Crippen molar-refractivity contribution in [2.24, 2.45) is 11.7 Å². The summed E-state index contributed by atoms with van der Waals surface area (Å²) in [6, 6.07) is 7.39. The second kappa shape index (κ2) is 6.72. The zero-order valence-corrected chi connectivity index (χ0v) is 14.0. The third-order valence-corrected chi connectivity index (χ3v) is 4.71. The first-order valence-corrected chi connectivity index (χ1v) is 8.28. The Morgan fingerprint density at radius 3 is 2.57 bits per heavy atom.